The quantitative estimate of drug-likeness (QED) is 0.327. The Labute approximate surface area is 202 Å². The second-order valence-corrected chi connectivity index (χ2v) is 9.51. The van der Waals surface area contributed by atoms with Crippen molar-refractivity contribution in [3.05, 3.63) is 54.1 Å². The van der Waals surface area contributed by atoms with Gasteiger partial charge in [-0.3, -0.25) is 9.59 Å². The van der Waals surface area contributed by atoms with Crippen LogP contribution in [0.5, 0.6) is 5.75 Å². The van der Waals surface area contributed by atoms with Crippen molar-refractivity contribution < 1.29 is 37.7 Å². The van der Waals surface area contributed by atoms with Gasteiger partial charge in [0.1, 0.15) is 12.4 Å². The third-order valence-corrected chi connectivity index (χ3v) is 6.93. The first-order valence-corrected chi connectivity index (χ1v) is 12.3. The molecule has 0 amide bonds. The molecule has 0 aliphatic heterocycles. The number of benzene rings is 1. The number of allylic oxidation sites excluding steroid dienone is 3. The molecule has 2 N–H and O–H groups in total. The normalized spacial score (nSPS) is 20.1. The van der Waals surface area contributed by atoms with Crippen LogP contribution in [0.2, 0.25) is 0 Å². The summed E-state index contributed by atoms with van der Waals surface area (Å²) in [6.45, 7) is 1.88. The second kappa shape index (κ2) is 13.6. The maximum absolute atomic E-state index is 12.8. The van der Waals surface area contributed by atoms with Gasteiger partial charge in [0.25, 0.3) is 0 Å². The molecule has 4 atom stereocenters. The molecular formula is C25H31F3O5S. The highest BCUT2D eigenvalue weighted by atomic mass is 32.2. The summed E-state index contributed by atoms with van der Waals surface area (Å²) < 4.78 is 43.7. The van der Waals surface area contributed by atoms with Crippen LogP contribution in [-0.2, 0) is 15.8 Å². The predicted molar refractivity (Wildman–Crippen MR) is 126 cm³/mol. The first-order valence-electron chi connectivity index (χ1n) is 11.3. The van der Waals surface area contributed by atoms with E-state index in [1.54, 1.807) is 6.08 Å². The van der Waals surface area contributed by atoms with Crippen LogP contribution in [0.3, 0.4) is 0 Å². The molecule has 1 aliphatic rings. The molecule has 2 rings (SSSR count). The Morgan fingerprint density at radius 2 is 2.06 bits per heavy atom. The van der Waals surface area contributed by atoms with Crippen molar-refractivity contribution in [1.29, 1.82) is 0 Å². The first-order chi connectivity index (χ1) is 16.1. The van der Waals surface area contributed by atoms with Crippen molar-refractivity contribution >= 4 is 23.5 Å². The second-order valence-electron chi connectivity index (χ2n) is 8.30. The lowest BCUT2D eigenvalue weighted by Crippen LogP contribution is -2.24. The van der Waals surface area contributed by atoms with Crippen molar-refractivity contribution in [2.45, 2.75) is 56.6 Å². The average molecular weight is 501 g/mol. The fraction of sp³-hybridized carbons (Fsp3) is 0.520. The van der Waals surface area contributed by atoms with Crippen molar-refractivity contribution in [2.24, 2.45) is 11.8 Å². The maximum Gasteiger partial charge on any atom is 0.416 e. The van der Waals surface area contributed by atoms with Crippen LogP contribution in [0.25, 0.3) is 0 Å². The molecule has 4 unspecified atom stereocenters. The summed E-state index contributed by atoms with van der Waals surface area (Å²) in [5.74, 6) is -0.627. The molecule has 9 heteroatoms. The van der Waals surface area contributed by atoms with Gasteiger partial charge in [-0.2, -0.15) is 24.9 Å². The molecule has 0 spiro atoms. The number of alkyl halides is 3. The summed E-state index contributed by atoms with van der Waals surface area (Å²) in [7, 11) is 0. The number of carboxylic acids is 1. The van der Waals surface area contributed by atoms with E-state index in [4.69, 9.17) is 9.84 Å². The van der Waals surface area contributed by atoms with Gasteiger partial charge in [0.15, 0.2) is 5.78 Å². The van der Waals surface area contributed by atoms with Crippen LogP contribution in [0.1, 0.15) is 44.6 Å². The van der Waals surface area contributed by atoms with E-state index >= 15 is 0 Å². The van der Waals surface area contributed by atoms with E-state index in [1.807, 2.05) is 19.1 Å². The number of carbonyl (C=O) groups excluding carboxylic acids is 1. The lowest BCUT2D eigenvalue weighted by Gasteiger charge is -2.19. The number of aliphatic hydroxyl groups excluding tert-OH is 1. The SMILES string of the molecule is CCCC(C=CCC1C(=O)C=CC1SCC(O)COc1cccc(C(F)(F)F)c1)CCC(=O)O. The van der Waals surface area contributed by atoms with E-state index in [0.29, 0.717) is 12.8 Å². The molecule has 1 aromatic carbocycles. The van der Waals surface area contributed by atoms with Crippen LogP contribution >= 0.6 is 11.8 Å². The summed E-state index contributed by atoms with van der Waals surface area (Å²) in [5.41, 5.74) is -0.816. The minimum Gasteiger partial charge on any atom is -0.491 e. The summed E-state index contributed by atoms with van der Waals surface area (Å²) in [5, 5.41) is 19.0. The van der Waals surface area contributed by atoms with Crippen LogP contribution in [-0.4, -0.2) is 45.7 Å². The van der Waals surface area contributed by atoms with E-state index in [9.17, 15) is 27.9 Å². The monoisotopic (exact) mass is 500 g/mol. The predicted octanol–water partition coefficient (Wildman–Crippen LogP) is 5.53. The summed E-state index contributed by atoms with van der Waals surface area (Å²) in [6.07, 6.45) is 4.92. The molecule has 1 aromatic rings. The Hall–Kier alpha value is -2.26. The molecule has 5 nitrogen and oxygen atoms in total. The van der Waals surface area contributed by atoms with Gasteiger partial charge in [-0.15, -0.1) is 0 Å². The highest BCUT2D eigenvalue weighted by Crippen LogP contribution is 2.32. The Kier molecular flexibility index (Phi) is 11.2. The lowest BCUT2D eigenvalue weighted by atomic mass is 9.95. The number of carbonyl (C=O) groups is 2. The number of halogens is 3. The van der Waals surface area contributed by atoms with E-state index in [0.717, 1.165) is 25.0 Å². The van der Waals surface area contributed by atoms with E-state index < -0.39 is 23.8 Å². The van der Waals surface area contributed by atoms with Gasteiger partial charge in [-0.25, -0.2) is 0 Å². The van der Waals surface area contributed by atoms with Crippen molar-refractivity contribution in [1.82, 2.24) is 0 Å². The fourth-order valence-electron chi connectivity index (χ4n) is 3.69. The molecule has 0 heterocycles. The van der Waals surface area contributed by atoms with Gasteiger partial charge < -0.3 is 14.9 Å². The van der Waals surface area contributed by atoms with Crippen LogP contribution in [0.4, 0.5) is 13.2 Å². The van der Waals surface area contributed by atoms with Crippen molar-refractivity contribution in [3.8, 4) is 5.75 Å². The third-order valence-electron chi connectivity index (χ3n) is 5.48. The number of hydrogen-bond donors (Lipinski definition) is 2. The Balaban J connectivity index is 1.82. The molecule has 0 saturated carbocycles. The molecule has 0 aromatic heterocycles. The van der Waals surface area contributed by atoms with Crippen LogP contribution < -0.4 is 4.74 Å². The topological polar surface area (TPSA) is 83.8 Å². The highest BCUT2D eigenvalue weighted by molar-refractivity contribution is 8.00. The maximum atomic E-state index is 12.8. The minimum atomic E-state index is -4.47. The zero-order valence-corrected chi connectivity index (χ0v) is 19.9. The molecule has 0 bridgehead atoms. The van der Waals surface area contributed by atoms with E-state index in [1.165, 1.54) is 30.0 Å². The van der Waals surface area contributed by atoms with Crippen molar-refractivity contribution in [2.75, 3.05) is 12.4 Å². The zero-order chi connectivity index (χ0) is 25.1. The molecule has 34 heavy (non-hydrogen) atoms. The van der Waals surface area contributed by atoms with Gasteiger partial charge >= 0.3 is 12.1 Å². The number of aliphatic carboxylic acids is 1. The average Bonchev–Trinajstić information content (AvgIpc) is 3.13. The number of thioether (sulfide) groups is 1. The molecule has 0 saturated heterocycles. The minimum absolute atomic E-state index is 0.00873. The van der Waals surface area contributed by atoms with E-state index in [2.05, 4.69) is 0 Å². The number of hydrogen-bond acceptors (Lipinski definition) is 5. The molecule has 188 valence electrons. The standard InChI is InChI=1S/C25H31F3O5S/c1-2-5-17(10-13-24(31)32)6-3-9-21-22(30)11-12-23(21)34-16-19(29)15-33-20-8-4-7-18(14-20)25(26,27)28/h3-4,6-8,11-12,14,17,19,21,23,29H,2,5,9-10,13,15-16H2,1H3,(H,31,32). The lowest BCUT2D eigenvalue weighted by molar-refractivity contribution is -0.138. The fourth-order valence-corrected chi connectivity index (χ4v) is 4.90. The Morgan fingerprint density at radius 1 is 1.29 bits per heavy atom. The Bertz CT molecular complexity index is 868. The van der Waals surface area contributed by atoms with Crippen LogP contribution in [0, 0.1) is 11.8 Å². The van der Waals surface area contributed by atoms with E-state index in [-0.39, 0.29) is 47.4 Å². The smallest absolute Gasteiger partial charge is 0.416 e. The number of ketones is 1. The third kappa shape index (κ3) is 9.54. The van der Waals surface area contributed by atoms with Gasteiger partial charge in [0, 0.05) is 23.3 Å². The van der Waals surface area contributed by atoms with Gasteiger partial charge in [-0.1, -0.05) is 37.6 Å². The number of ether oxygens (including phenoxy) is 1. The first kappa shape index (κ1) is 28.0. The summed E-state index contributed by atoms with van der Waals surface area (Å²) >= 11 is 1.40. The number of rotatable bonds is 14. The number of carboxylic acid groups (broad SMARTS) is 1. The Morgan fingerprint density at radius 3 is 2.74 bits per heavy atom. The summed E-state index contributed by atoms with van der Waals surface area (Å²) in [4.78, 5) is 23.1. The molecule has 0 fully saturated rings. The van der Waals surface area contributed by atoms with Gasteiger partial charge in [0.05, 0.1) is 11.7 Å². The molecule has 0 radical (unpaired) electrons. The molecular weight excluding hydrogens is 469 g/mol. The summed E-state index contributed by atoms with van der Waals surface area (Å²) in [6, 6.07) is 4.49. The van der Waals surface area contributed by atoms with Crippen molar-refractivity contribution in [3.63, 3.8) is 0 Å². The largest absolute Gasteiger partial charge is 0.491 e. The van der Waals surface area contributed by atoms with Gasteiger partial charge in [-0.05, 0) is 49.5 Å². The van der Waals surface area contributed by atoms with Crippen LogP contribution in [0.15, 0.2) is 48.6 Å². The highest BCUT2D eigenvalue weighted by Gasteiger charge is 2.31. The number of aliphatic hydroxyl groups is 1. The molecule has 1 aliphatic carbocycles. The van der Waals surface area contributed by atoms with Gasteiger partial charge in [0.2, 0.25) is 0 Å². The zero-order valence-electron chi connectivity index (χ0n) is 19.0.